The molecule has 1 unspecified atom stereocenters. The Morgan fingerprint density at radius 2 is 1.88 bits per heavy atom. The van der Waals surface area contributed by atoms with Crippen LogP contribution in [0, 0.1) is 5.92 Å². The lowest BCUT2D eigenvalue weighted by Gasteiger charge is -2.39. The van der Waals surface area contributed by atoms with E-state index >= 15 is 0 Å². The van der Waals surface area contributed by atoms with E-state index in [4.69, 9.17) is 11.6 Å². The molecule has 2 rings (SSSR count). The molecule has 0 saturated carbocycles. The van der Waals surface area contributed by atoms with Crippen molar-refractivity contribution in [1.29, 1.82) is 0 Å². The molecule has 24 heavy (non-hydrogen) atoms. The molecule has 2 nitrogen and oxygen atoms in total. The maximum Gasteiger partial charge on any atom is 0.417 e. The molecule has 1 aromatic carbocycles. The van der Waals surface area contributed by atoms with Crippen molar-refractivity contribution in [3.63, 3.8) is 0 Å². The zero-order valence-electron chi connectivity index (χ0n) is 14.0. The second-order valence-corrected chi connectivity index (χ2v) is 6.64. The average molecular weight is 385 g/mol. The predicted octanol–water partition coefficient (Wildman–Crippen LogP) is 5.16. The molecule has 1 N–H and O–H groups in total. The van der Waals surface area contributed by atoms with Gasteiger partial charge in [-0.05, 0) is 30.0 Å². The van der Waals surface area contributed by atoms with Crippen molar-refractivity contribution in [2.24, 2.45) is 5.92 Å². The van der Waals surface area contributed by atoms with E-state index in [1.165, 1.54) is 6.07 Å². The lowest BCUT2D eigenvalue weighted by molar-refractivity contribution is -0.137. The SMILES string of the molecule is CCCC(C)[C@@H](c1ccc(C(F)(F)F)c(Cl)c1)N1CCNCC1.Cl. The van der Waals surface area contributed by atoms with Gasteiger partial charge in [-0.2, -0.15) is 13.2 Å². The molecule has 2 atom stereocenters. The number of benzene rings is 1. The minimum atomic E-state index is -4.41. The molecule has 1 aliphatic heterocycles. The van der Waals surface area contributed by atoms with E-state index in [2.05, 4.69) is 24.1 Å². The standard InChI is InChI=1S/C17H24ClF3N2.ClH/c1-3-4-12(2)16(23-9-7-22-8-10-23)13-5-6-14(15(18)11-13)17(19,20)21;/h5-6,11-12,16,22H,3-4,7-10H2,1-2H3;1H/t12?,16-;/m0./s1. The Hall–Kier alpha value is -0.490. The number of hydrogen-bond acceptors (Lipinski definition) is 2. The summed E-state index contributed by atoms with van der Waals surface area (Å²) in [7, 11) is 0. The maximum absolute atomic E-state index is 12.9. The van der Waals surface area contributed by atoms with Gasteiger partial charge in [0.2, 0.25) is 0 Å². The molecule has 0 aromatic heterocycles. The molecule has 1 heterocycles. The summed E-state index contributed by atoms with van der Waals surface area (Å²) in [4.78, 5) is 2.36. The molecular formula is C17H25Cl2F3N2. The summed E-state index contributed by atoms with van der Waals surface area (Å²) < 4.78 is 38.7. The molecule has 0 aliphatic carbocycles. The van der Waals surface area contributed by atoms with Gasteiger partial charge >= 0.3 is 6.18 Å². The largest absolute Gasteiger partial charge is 0.417 e. The third kappa shape index (κ3) is 5.25. The van der Waals surface area contributed by atoms with Crippen LogP contribution in [-0.2, 0) is 6.18 Å². The molecule has 0 spiro atoms. The number of piperazine rings is 1. The van der Waals surface area contributed by atoms with Gasteiger partial charge in [-0.25, -0.2) is 0 Å². The van der Waals surface area contributed by atoms with Crippen LogP contribution in [0.5, 0.6) is 0 Å². The lowest BCUT2D eigenvalue weighted by Crippen LogP contribution is -2.46. The van der Waals surface area contributed by atoms with Crippen LogP contribution in [0.25, 0.3) is 0 Å². The van der Waals surface area contributed by atoms with E-state index in [9.17, 15) is 13.2 Å². The summed E-state index contributed by atoms with van der Waals surface area (Å²) in [6.45, 7) is 7.91. The quantitative estimate of drug-likeness (QED) is 0.753. The summed E-state index contributed by atoms with van der Waals surface area (Å²) in [5, 5.41) is 3.11. The topological polar surface area (TPSA) is 15.3 Å². The predicted molar refractivity (Wildman–Crippen MR) is 95.0 cm³/mol. The second kappa shape index (κ2) is 9.27. The number of nitrogens with one attached hydrogen (secondary N) is 1. The molecular weight excluding hydrogens is 360 g/mol. The zero-order chi connectivity index (χ0) is 17.0. The highest BCUT2D eigenvalue weighted by Crippen LogP contribution is 2.38. The van der Waals surface area contributed by atoms with Gasteiger partial charge in [0.25, 0.3) is 0 Å². The van der Waals surface area contributed by atoms with Crippen LogP contribution in [0.3, 0.4) is 0 Å². The van der Waals surface area contributed by atoms with Crippen LogP contribution in [0.4, 0.5) is 13.2 Å². The van der Waals surface area contributed by atoms with Crippen LogP contribution >= 0.6 is 24.0 Å². The molecule has 1 fully saturated rings. The van der Waals surface area contributed by atoms with Crippen molar-refractivity contribution in [2.75, 3.05) is 26.2 Å². The molecule has 1 aromatic rings. The maximum atomic E-state index is 12.9. The van der Waals surface area contributed by atoms with Crippen LogP contribution in [0.15, 0.2) is 18.2 Å². The van der Waals surface area contributed by atoms with E-state index in [1.807, 2.05) is 0 Å². The first-order valence-corrected chi connectivity index (χ1v) is 8.53. The third-order valence-corrected chi connectivity index (χ3v) is 4.78. The van der Waals surface area contributed by atoms with Crippen molar-refractivity contribution < 1.29 is 13.2 Å². The van der Waals surface area contributed by atoms with Crippen molar-refractivity contribution in [3.8, 4) is 0 Å². The van der Waals surface area contributed by atoms with Crippen LogP contribution < -0.4 is 5.32 Å². The number of nitrogens with zero attached hydrogens (tertiary/aromatic N) is 1. The van der Waals surface area contributed by atoms with Crippen molar-refractivity contribution in [3.05, 3.63) is 34.3 Å². The van der Waals surface area contributed by atoms with Crippen molar-refractivity contribution in [1.82, 2.24) is 10.2 Å². The Bertz CT molecular complexity index is 517. The number of alkyl halides is 3. The van der Waals surface area contributed by atoms with Gasteiger partial charge in [0, 0.05) is 32.2 Å². The number of rotatable bonds is 5. The zero-order valence-corrected chi connectivity index (χ0v) is 15.6. The van der Waals surface area contributed by atoms with Gasteiger partial charge in [-0.3, -0.25) is 4.90 Å². The number of hydrogen-bond donors (Lipinski definition) is 1. The first kappa shape index (κ1) is 21.6. The van der Waals surface area contributed by atoms with E-state index in [0.29, 0.717) is 5.92 Å². The lowest BCUT2D eigenvalue weighted by atomic mass is 9.88. The molecule has 0 radical (unpaired) electrons. The van der Waals surface area contributed by atoms with Gasteiger partial charge in [0.1, 0.15) is 0 Å². The normalized spacial score (nSPS) is 18.8. The fourth-order valence-corrected chi connectivity index (χ4v) is 3.71. The fourth-order valence-electron chi connectivity index (χ4n) is 3.42. The number of halogens is 5. The van der Waals surface area contributed by atoms with E-state index in [-0.39, 0.29) is 23.5 Å². The fraction of sp³-hybridized carbons (Fsp3) is 0.647. The van der Waals surface area contributed by atoms with E-state index in [1.54, 1.807) is 6.07 Å². The summed E-state index contributed by atoms with van der Waals surface area (Å²) in [6, 6.07) is 4.32. The molecule has 1 saturated heterocycles. The third-order valence-electron chi connectivity index (χ3n) is 4.47. The molecule has 138 valence electrons. The van der Waals surface area contributed by atoms with Crippen LogP contribution in [0.1, 0.15) is 43.9 Å². The van der Waals surface area contributed by atoms with Gasteiger partial charge in [0.05, 0.1) is 10.6 Å². The van der Waals surface area contributed by atoms with Gasteiger partial charge in [-0.1, -0.05) is 37.9 Å². The molecule has 0 bridgehead atoms. The minimum Gasteiger partial charge on any atom is -0.314 e. The highest BCUT2D eigenvalue weighted by atomic mass is 35.5. The molecule has 0 amide bonds. The Labute approximate surface area is 153 Å². The Morgan fingerprint density at radius 1 is 1.25 bits per heavy atom. The van der Waals surface area contributed by atoms with E-state index < -0.39 is 11.7 Å². The van der Waals surface area contributed by atoms with Crippen molar-refractivity contribution >= 4 is 24.0 Å². The first-order valence-electron chi connectivity index (χ1n) is 8.16. The van der Waals surface area contributed by atoms with Gasteiger partial charge in [0.15, 0.2) is 0 Å². The molecule has 7 heteroatoms. The highest BCUT2D eigenvalue weighted by molar-refractivity contribution is 6.31. The summed E-state index contributed by atoms with van der Waals surface area (Å²) in [5.41, 5.74) is 0.121. The second-order valence-electron chi connectivity index (χ2n) is 6.23. The van der Waals surface area contributed by atoms with E-state index in [0.717, 1.165) is 50.7 Å². The Kier molecular flexibility index (Phi) is 8.33. The molecule has 1 aliphatic rings. The summed E-state index contributed by atoms with van der Waals surface area (Å²) >= 11 is 5.93. The van der Waals surface area contributed by atoms with Crippen LogP contribution in [-0.4, -0.2) is 31.1 Å². The minimum absolute atomic E-state index is 0. The highest BCUT2D eigenvalue weighted by Gasteiger charge is 2.34. The summed E-state index contributed by atoms with van der Waals surface area (Å²) in [6.07, 6.45) is -2.32. The van der Waals surface area contributed by atoms with Crippen LogP contribution in [0.2, 0.25) is 5.02 Å². The monoisotopic (exact) mass is 384 g/mol. The Balaban J connectivity index is 0.00000288. The van der Waals surface area contributed by atoms with Gasteiger partial charge < -0.3 is 5.32 Å². The van der Waals surface area contributed by atoms with Gasteiger partial charge in [-0.15, -0.1) is 12.4 Å². The smallest absolute Gasteiger partial charge is 0.314 e. The average Bonchev–Trinajstić information content (AvgIpc) is 2.47. The Morgan fingerprint density at radius 3 is 2.38 bits per heavy atom. The summed E-state index contributed by atoms with van der Waals surface area (Å²) in [5.74, 6) is 0.367. The first-order chi connectivity index (χ1) is 10.8. The van der Waals surface area contributed by atoms with Crippen molar-refractivity contribution in [2.45, 2.75) is 38.9 Å².